The Balaban J connectivity index is 2.69. The Morgan fingerprint density at radius 3 is 2.60 bits per heavy atom. The van der Waals surface area contributed by atoms with E-state index in [0.717, 1.165) is 0 Å². The van der Waals surface area contributed by atoms with E-state index in [4.69, 9.17) is 5.73 Å². The lowest BCUT2D eigenvalue weighted by Crippen LogP contribution is -2.45. The Morgan fingerprint density at radius 1 is 1.60 bits per heavy atom. The maximum absolute atomic E-state index is 11.7. The molecule has 0 saturated carbocycles. The van der Waals surface area contributed by atoms with E-state index < -0.39 is 6.04 Å². The standard InChI is InChI=1S/C9H17N5O/c1-9(2,3)6(10)7(15)13-8-11-5-12-14(8)4/h5-6H,10H2,1-4H3,(H,11,12,13,15)/t6-/m0/s1. The normalized spacial score (nSPS) is 13.7. The number of rotatable bonds is 2. The molecule has 1 aromatic rings. The van der Waals surface area contributed by atoms with Crippen LogP contribution in [-0.2, 0) is 11.8 Å². The van der Waals surface area contributed by atoms with Gasteiger partial charge in [-0.2, -0.15) is 10.1 Å². The highest BCUT2D eigenvalue weighted by molar-refractivity contribution is 5.93. The van der Waals surface area contributed by atoms with E-state index in [-0.39, 0.29) is 11.3 Å². The van der Waals surface area contributed by atoms with Crippen LogP contribution in [0.2, 0.25) is 0 Å². The average Bonchev–Trinajstić information content (AvgIpc) is 2.49. The van der Waals surface area contributed by atoms with Gasteiger partial charge in [-0.1, -0.05) is 20.8 Å². The molecule has 0 aliphatic heterocycles. The van der Waals surface area contributed by atoms with Crippen LogP contribution in [0.15, 0.2) is 6.33 Å². The minimum atomic E-state index is -0.575. The number of aryl methyl sites for hydroxylation is 1. The van der Waals surface area contributed by atoms with Crippen LogP contribution in [-0.4, -0.2) is 26.7 Å². The van der Waals surface area contributed by atoms with Gasteiger partial charge in [0.25, 0.3) is 0 Å². The van der Waals surface area contributed by atoms with Gasteiger partial charge in [-0.15, -0.1) is 0 Å². The fourth-order valence-corrected chi connectivity index (χ4v) is 0.991. The molecular weight excluding hydrogens is 194 g/mol. The maximum Gasteiger partial charge on any atom is 0.244 e. The van der Waals surface area contributed by atoms with E-state index in [1.807, 2.05) is 20.8 Å². The molecule has 0 spiro atoms. The highest BCUT2D eigenvalue weighted by atomic mass is 16.2. The van der Waals surface area contributed by atoms with Crippen LogP contribution < -0.4 is 11.1 Å². The predicted octanol–water partition coefficient (Wildman–Crippen LogP) is 0.127. The molecule has 1 amide bonds. The van der Waals surface area contributed by atoms with Gasteiger partial charge in [0.2, 0.25) is 11.9 Å². The molecule has 1 heterocycles. The second kappa shape index (κ2) is 3.98. The fraction of sp³-hybridized carbons (Fsp3) is 0.667. The summed E-state index contributed by atoms with van der Waals surface area (Å²) in [6.07, 6.45) is 1.37. The van der Waals surface area contributed by atoms with Crippen molar-refractivity contribution in [3.05, 3.63) is 6.33 Å². The number of hydrogen-bond acceptors (Lipinski definition) is 4. The van der Waals surface area contributed by atoms with Gasteiger partial charge in [0.1, 0.15) is 6.33 Å². The summed E-state index contributed by atoms with van der Waals surface area (Å²) in [7, 11) is 1.70. The van der Waals surface area contributed by atoms with Gasteiger partial charge in [-0.3, -0.25) is 10.1 Å². The molecule has 1 rings (SSSR count). The second-order valence-corrected chi connectivity index (χ2v) is 4.54. The highest BCUT2D eigenvalue weighted by Gasteiger charge is 2.28. The van der Waals surface area contributed by atoms with E-state index in [1.54, 1.807) is 7.05 Å². The topological polar surface area (TPSA) is 85.8 Å². The number of anilines is 1. The number of carbonyl (C=O) groups excluding carboxylic acids is 1. The van der Waals surface area contributed by atoms with Crippen molar-refractivity contribution in [2.45, 2.75) is 26.8 Å². The highest BCUT2D eigenvalue weighted by Crippen LogP contribution is 2.18. The van der Waals surface area contributed by atoms with Crippen LogP contribution in [0, 0.1) is 5.41 Å². The Morgan fingerprint density at radius 2 is 2.20 bits per heavy atom. The Bertz CT molecular complexity index is 352. The van der Waals surface area contributed by atoms with Crippen LogP contribution in [0.25, 0.3) is 0 Å². The van der Waals surface area contributed by atoms with Crippen LogP contribution in [0.5, 0.6) is 0 Å². The zero-order valence-electron chi connectivity index (χ0n) is 9.48. The lowest BCUT2D eigenvalue weighted by Gasteiger charge is -2.25. The van der Waals surface area contributed by atoms with E-state index in [2.05, 4.69) is 15.4 Å². The summed E-state index contributed by atoms with van der Waals surface area (Å²) >= 11 is 0. The molecule has 84 valence electrons. The number of amides is 1. The molecule has 0 unspecified atom stereocenters. The van der Waals surface area contributed by atoms with Crippen molar-refractivity contribution in [1.29, 1.82) is 0 Å². The molecule has 0 aliphatic rings. The average molecular weight is 211 g/mol. The minimum Gasteiger partial charge on any atom is -0.319 e. The van der Waals surface area contributed by atoms with Crippen LogP contribution >= 0.6 is 0 Å². The molecule has 6 heteroatoms. The Hall–Kier alpha value is -1.43. The number of hydrogen-bond donors (Lipinski definition) is 2. The largest absolute Gasteiger partial charge is 0.319 e. The third kappa shape index (κ3) is 2.76. The molecule has 6 nitrogen and oxygen atoms in total. The molecule has 0 radical (unpaired) electrons. The Kier molecular flexibility index (Phi) is 3.09. The molecule has 0 bridgehead atoms. The third-order valence-electron chi connectivity index (χ3n) is 2.16. The van der Waals surface area contributed by atoms with Crippen molar-refractivity contribution < 1.29 is 4.79 Å². The molecule has 1 atom stereocenters. The summed E-state index contributed by atoms with van der Waals surface area (Å²) in [4.78, 5) is 15.6. The summed E-state index contributed by atoms with van der Waals surface area (Å²) in [5, 5.41) is 6.46. The van der Waals surface area contributed by atoms with Crippen LogP contribution in [0.3, 0.4) is 0 Å². The third-order valence-corrected chi connectivity index (χ3v) is 2.16. The summed E-state index contributed by atoms with van der Waals surface area (Å²) < 4.78 is 1.48. The summed E-state index contributed by atoms with van der Waals surface area (Å²) in [5.41, 5.74) is 5.52. The van der Waals surface area contributed by atoms with Crippen molar-refractivity contribution in [1.82, 2.24) is 14.8 Å². The molecule has 15 heavy (non-hydrogen) atoms. The lowest BCUT2D eigenvalue weighted by atomic mass is 9.87. The first-order valence-corrected chi connectivity index (χ1v) is 4.73. The van der Waals surface area contributed by atoms with E-state index in [1.165, 1.54) is 11.0 Å². The molecular formula is C9H17N5O. The quantitative estimate of drug-likeness (QED) is 0.728. The summed E-state index contributed by atoms with van der Waals surface area (Å²) in [6, 6.07) is -0.575. The summed E-state index contributed by atoms with van der Waals surface area (Å²) in [5.74, 6) is 0.151. The zero-order valence-corrected chi connectivity index (χ0v) is 9.48. The van der Waals surface area contributed by atoms with Crippen molar-refractivity contribution >= 4 is 11.9 Å². The van der Waals surface area contributed by atoms with E-state index in [9.17, 15) is 4.79 Å². The van der Waals surface area contributed by atoms with Gasteiger partial charge < -0.3 is 5.73 Å². The SMILES string of the molecule is Cn1ncnc1NC(=O)[C@H](N)C(C)(C)C. The van der Waals surface area contributed by atoms with E-state index in [0.29, 0.717) is 5.95 Å². The molecule has 0 fully saturated rings. The second-order valence-electron chi connectivity index (χ2n) is 4.54. The molecule has 0 saturated heterocycles. The van der Waals surface area contributed by atoms with Gasteiger partial charge in [0.15, 0.2) is 0 Å². The number of nitrogens with zero attached hydrogens (tertiary/aromatic N) is 3. The molecule has 3 N–H and O–H groups in total. The summed E-state index contributed by atoms with van der Waals surface area (Å²) in [6.45, 7) is 5.73. The van der Waals surface area contributed by atoms with Crippen molar-refractivity contribution in [3.63, 3.8) is 0 Å². The van der Waals surface area contributed by atoms with Gasteiger partial charge in [-0.05, 0) is 5.41 Å². The minimum absolute atomic E-state index is 0.251. The van der Waals surface area contributed by atoms with Crippen LogP contribution in [0.1, 0.15) is 20.8 Å². The number of nitrogens with one attached hydrogen (secondary N) is 1. The smallest absolute Gasteiger partial charge is 0.244 e. The van der Waals surface area contributed by atoms with Crippen LogP contribution in [0.4, 0.5) is 5.95 Å². The van der Waals surface area contributed by atoms with Gasteiger partial charge in [0, 0.05) is 7.05 Å². The number of carbonyl (C=O) groups is 1. The van der Waals surface area contributed by atoms with E-state index >= 15 is 0 Å². The number of aromatic nitrogens is 3. The van der Waals surface area contributed by atoms with Crippen molar-refractivity contribution in [2.24, 2.45) is 18.2 Å². The van der Waals surface area contributed by atoms with Gasteiger partial charge in [-0.25, -0.2) is 4.68 Å². The van der Waals surface area contributed by atoms with Gasteiger partial charge >= 0.3 is 0 Å². The Labute approximate surface area is 88.9 Å². The predicted molar refractivity (Wildman–Crippen MR) is 57.1 cm³/mol. The number of nitrogens with two attached hydrogens (primary N) is 1. The fourth-order valence-electron chi connectivity index (χ4n) is 0.991. The molecule has 1 aromatic heterocycles. The zero-order chi connectivity index (χ0) is 11.6. The molecule has 0 aliphatic carbocycles. The maximum atomic E-state index is 11.7. The van der Waals surface area contributed by atoms with Crippen molar-refractivity contribution in [2.75, 3.05) is 5.32 Å². The first-order valence-electron chi connectivity index (χ1n) is 4.73. The van der Waals surface area contributed by atoms with Gasteiger partial charge in [0.05, 0.1) is 6.04 Å². The van der Waals surface area contributed by atoms with Crippen molar-refractivity contribution in [3.8, 4) is 0 Å². The monoisotopic (exact) mass is 211 g/mol. The lowest BCUT2D eigenvalue weighted by molar-refractivity contribution is -0.119. The first-order chi connectivity index (χ1) is 6.82. The first kappa shape index (κ1) is 11.6. The molecule has 0 aromatic carbocycles.